The van der Waals surface area contributed by atoms with Crippen molar-refractivity contribution in [1.82, 2.24) is 9.80 Å². The van der Waals surface area contributed by atoms with E-state index in [1.54, 1.807) is 7.11 Å². The summed E-state index contributed by atoms with van der Waals surface area (Å²) in [5.74, 6) is 0.695. The van der Waals surface area contributed by atoms with E-state index in [0.717, 1.165) is 26.2 Å². The molecule has 1 aliphatic heterocycles. The first kappa shape index (κ1) is 16.5. The minimum absolute atomic E-state index is 0.0543. The van der Waals surface area contributed by atoms with Crippen LogP contribution in [0.25, 0.3) is 0 Å². The second-order valence-electron chi connectivity index (χ2n) is 6.26. The summed E-state index contributed by atoms with van der Waals surface area (Å²) >= 11 is 0. The van der Waals surface area contributed by atoms with Crippen molar-refractivity contribution >= 4 is 5.91 Å². The number of para-hydroxylation sites is 1. The lowest BCUT2D eigenvalue weighted by molar-refractivity contribution is 0.0492. The van der Waals surface area contributed by atoms with Gasteiger partial charge in [-0.15, -0.1) is 0 Å². The van der Waals surface area contributed by atoms with Gasteiger partial charge in [0.1, 0.15) is 5.75 Å². The zero-order valence-corrected chi connectivity index (χ0v) is 14.3. The van der Waals surface area contributed by atoms with Gasteiger partial charge in [-0.3, -0.25) is 9.69 Å². The summed E-state index contributed by atoms with van der Waals surface area (Å²) in [4.78, 5) is 17.2. The molecule has 2 aromatic carbocycles. The summed E-state index contributed by atoms with van der Waals surface area (Å²) in [6, 6.07) is 18.3. The van der Waals surface area contributed by atoms with Crippen LogP contribution in [0, 0.1) is 0 Å². The maximum absolute atomic E-state index is 12.8. The van der Waals surface area contributed by atoms with Gasteiger partial charge < -0.3 is 9.64 Å². The SMILES string of the molecule is COc1ccccc1C(=O)N1CCN(Cc2ccccc2)C(C)C1. The zero-order valence-electron chi connectivity index (χ0n) is 14.3. The lowest BCUT2D eigenvalue weighted by Gasteiger charge is -2.40. The Hall–Kier alpha value is -2.33. The van der Waals surface area contributed by atoms with Crippen LogP contribution in [0.2, 0.25) is 0 Å². The summed E-state index contributed by atoms with van der Waals surface area (Å²) in [6.07, 6.45) is 0. The standard InChI is InChI=1S/C20H24N2O2/c1-16-14-22(20(23)18-10-6-7-11-19(18)24-2)13-12-21(16)15-17-8-4-3-5-9-17/h3-11,16H,12-15H2,1-2H3. The van der Waals surface area contributed by atoms with Crippen LogP contribution in [0.5, 0.6) is 5.75 Å². The molecule has 0 bridgehead atoms. The Kier molecular flexibility index (Phi) is 5.16. The van der Waals surface area contributed by atoms with Crippen molar-refractivity contribution in [2.45, 2.75) is 19.5 Å². The van der Waals surface area contributed by atoms with Gasteiger partial charge in [-0.1, -0.05) is 42.5 Å². The molecule has 0 aliphatic carbocycles. The van der Waals surface area contributed by atoms with Crippen molar-refractivity contribution in [3.05, 3.63) is 65.7 Å². The van der Waals surface area contributed by atoms with Crippen molar-refractivity contribution in [2.24, 2.45) is 0 Å². The maximum Gasteiger partial charge on any atom is 0.257 e. The van der Waals surface area contributed by atoms with E-state index in [2.05, 4.69) is 36.1 Å². The summed E-state index contributed by atoms with van der Waals surface area (Å²) in [5, 5.41) is 0. The monoisotopic (exact) mass is 324 g/mol. The fourth-order valence-electron chi connectivity index (χ4n) is 3.22. The molecule has 24 heavy (non-hydrogen) atoms. The van der Waals surface area contributed by atoms with Crippen molar-refractivity contribution in [3.63, 3.8) is 0 Å². The number of methoxy groups -OCH3 is 1. The van der Waals surface area contributed by atoms with E-state index in [0.29, 0.717) is 17.4 Å². The molecular weight excluding hydrogens is 300 g/mol. The molecule has 4 nitrogen and oxygen atoms in total. The van der Waals surface area contributed by atoms with Crippen LogP contribution < -0.4 is 4.74 Å². The predicted molar refractivity (Wildman–Crippen MR) is 95.2 cm³/mol. The Balaban J connectivity index is 1.65. The number of benzene rings is 2. The molecule has 2 aromatic rings. The third-order valence-corrected chi connectivity index (χ3v) is 4.62. The van der Waals surface area contributed by atoms with Crippen LogP contribution in [0.1, 0.15) is 22.8 Å². The molecule has 0 N–H and O–H groups in total. The lowest BCUT2D eigenvalue weighted by atomic mass is 10.1. The molecule has 126 valence electrons. The first-order valence-corrected chi connectivity index (χ1v) is 8.39. The summed E-state index contributed by atoms with van der Waals surface area (Å²) in [5.41, 5.74) is 1.96. The van der Waals surface area contributed by atoms with Gasteiger partial charge in [-0.05, 0) is 24.6 Å². The van der Waals surface area contributed by atoms with Crippen LogP contribution >= 0.6 is 0 Å². The Morgan fingerprint density at radius 1 is 1.08 bits per heavy atom. The fraction of sp³-hybridized carbons (Fsp3) is 0.350. The molecule has 1 unspecified atom stereocenters. The lowest BCUT2D eigenvalue weighted by Crippen LogP contribution is -2.53. The van der Waals surface area contributed by atoms with E-state index in [4.69, 9.17) is 4.74 Å². The van der Waals surface area contributed by atoms with Crippen LogP contribution in [0.15, 0.2) is 54.6 Å². The van der Waals surface area contributed by atoms with Crippen LogP contribution in [-0.4, -0.2) is 48.5 Å². The number of hydrogen-bond acceptors (Lipinski definition) is 3. The highest BCUT2D eigenvalue weighted by molar-refractivity contribution is 5.97. The van der Waals surface area contributed by atoms with Crippen molar-refractivity contribution < 1.29 is 9.53 Å². The van der Waals surface area contributed by atoms with Crippen LogP contribution in [0.4, 0.5) is 0 Å². The molecule has 1 amide bonds. The number of carbonyl (C=O) groups is 1. The molecule has 1 heterocycles. The first-order valence-electron chi connectivity index (χ1n) is 8.39. The van der Waals surface area contributed by atoms with E-state index in [1.165, 1.54) is 5.56 Å². The highest BCUT2D eigenvalue weighted by atomic mass is 16.5. The van der Waals surface area contributed by atoms with Crippen molar-refractivity contribution in [1.29, 1.82) is 0 Å². The van der Waals surface area contributed by atoms with Gasteiger partial charge in [0, 0.05) is 32.2 Å². The third-order valence-electron chi connectivity index (χ3n) is 4.62. The maximum atomic E-state index is 12.8. The quantitative estimate of drug-likeness (QED) is 0.866. The van der Waals surface area contributed by atoms with Crippen molar-refractivity contribution in [3.8, 4) is 5.75 Å². The summed E-state index contributed by atoms with van der Waals surface area (Å²) in [7, 11) is 1.60. The smallest absolute Gasteiger partial charge is 0.257 e. The van der Waals surface area contributed by atoms with Gasteiger partial charge in [-0.2, -0.15) is 0 Å². The van der Waals surface area contributed by atoms with Gasteiger partial charge >= 0.3 is 0 Å². The normalized spacial score (nSPS) is 18.4. The number of carbonyl (C=O) groups excluding carboxylic acids is 1. The average Bonchev–Trinajstić information content (AvgIpc) is 2.63. The number of rotatable bonds is 4. The number of amides is 1. The highest BCUT2D eigenvalue weighted by Gasteiger charge is 2.28. The largest absolute Gasteiger partial charge is 0.496 e. The first-order chi connectivity index (χ1) is 11.7. The average molecular weight is 324 g/mol. The van der Waals surface area contributed by atoms with Gasteiger partial charge in [0.25, 0.3) is 5.91 Å². The second-order valence-corrected chi connectivity index (χ2v) is 6.26. The summed E-state index contributed by atoms with van der Waals surface area (Å²) < 4.78 is 5.33. The molecule has 0 saturated carbocycles. The van der Waals surface area contributed by atoms with Crippen molar-refractivity contribution in [2.75, 3.05) is 26.7 Å². The number of nitrogens with zero attached hydrogens (tertiary/aromatic N) is 2. The molecule has 0 aromatic heterocycles. The molecule has 1 saturated heterocycles. The Morgan fingerprint density at radius 3 is 2.50 bits per heavy atom. The number of hydrogen-bond donors (Lipinski definition) is 0. The molecule has 1 fully saturated rings. The second kappa shape index (κ2) is 7.49. The Labute approximate surface area is 143 Å². The van der Waals surface area contributed by atoms with Gasteiger partial charge in [0.15, 0.2) is 0 Å². The topological polar surface area (TPSA) is 32.8 Å². The number of piperazine rings is 1. The van der Waals surface area contributed by atoms with E-state index in [-0.39, 0.29) is 5.91 Å². The summed E-state index contributed by atoms with van der Waals surface area (Å²) in [6.45, 7) is 5.48. The van der Waals surface area contributed by atoms with Crippen LogP contribution in [0.3, 0.4) is 0 Å². The zero-order chi connectivity index (χ0) is 16.9. The van der Waals surface area contributed by atoms with E-state index in [9.17, 15) is 4.79 Å². The predicted octanol–water partition coefficient (Wildman–Crippen LogP) is 3.04. The minimum Gasteiger partial charge on any atom is -0.496 e. The Bertz CT molecular complexity index is 687. The highest BCUT2D eigenvalue weighted by Crippen LogP contribution is 2.22. The van der Waals surface area contributed by atoms with E-state index in [1.807, 2.05) is 35.2 Å². The van der Waals surface area contributed by atoms with Gasteiger partial charge in [-0.25, -0.2) is 0 Å². The molecule has 1 atom stereocenters. The minimum atomic E-state index is 0.0543. The van der Waals surface area contributed by atoms with E-state index < -0.39 is 0 Å². The van der Waals surface area contributed by atoms with Crippen LogP contribution in [-0.2, 0) is 6.54 Å². The van der Waals surface area contributed by atoms with E-state index >= 15 is 0 Å². The molecule has 0 radical (unpaired) electrons. The third kappa shape index (κ3) is 3.60. The molecule has 0 spiro atoms. The fourth-order valence-corrected chi connectivity index (χ4v) is 3.22. The molecular formula is C20H24N2O2. The molecule has 1 aliphatic rings. The molecule has 4 heteroatoms. The molecule has 3 rings (SSSR count). The Morgan fingerprint density at radius 2 is 1.79 bits per heavy atom. The number of ether oxygens (including phenoxy) is 1. The van der Waals surface area contributed by atoms with Gasteiger partial charge in [0.05, 0.1) is 12.7 Å². The van der Waals surface area contributed by atoms with Gasteiger partial charge in [0.2, 0.25) is 0 Å².